The maximum absolute atomic E-state index is 11.6. The molecule has 3 N–H and O–H groups in total. The van der Waals surface area contributed by atoms with Crippen LogP contribution in [0.1, 0.15) is 10.4 Å². The number of carboxylic acid groups (broad SMARTS) is 1. The Bertz CT molecular complexity index is 507. The Morgan fingerprint density at radius 3 is 2.26 bits per heavy atom. The Morgan fingerprint density at radius 1 is 1.11 bits per heavy atom. The molecule has 7 heteroatoms. The van der Waals surface area contributed by atoms with E-state index in [1.807, 2.05) is 5.43 Å². The number of hydrazine groups is 1. The lowest BCUT2D eigenvalue weighted by Crippen LogP contribution is -2.40. The summed E-state index contributed by atoms with van der Waals surface area (Å²) < 4.78 is 4.94. The van der Waals surface area contributed by atoms with E-state index in [0.29, 0.717) is 17.4 Å². The number of methoxy groups -OCH3 is 1. The van der Waals surface area contributed by atoms with E-state index >= 15 is 0 Å². The fourth-order valence-corrected chi connectivity index (χ4v) is 1.12. The highest BCUT2D eigenvalue weighted by molar-refractivity contribution is 5.98. The normalized spacial score (nSPS) is 9.95. The molecule has 0 unspecified atom stereocenters. The van der Waals surface area contributed by atoms with E-state index in [-0.39, 0.29) is 0 Å². The molecule has 0 radical (unpaired) electrons. The molecule has 0 spiro atoms. The highest BCUT2D eigenvalue weighted by Gasteiger charge is 2.06. The Balaban J connectivity index is 2.50. The molecule has 19 heavy (non-hydrogen) atoms. The van der Waals surface area contributed by atoms with Gasteiger partial charge in [0.25, 0.3) is 11.8 Å². The van der Waals surface area contributed by atoms with Gasteiger partial charge in [-0.15, -0.1) is 0 Å². The monoisotopic (exact) mass is 264 g/mol. The van der Waals surface area contributed by atoms with Gasteiger partial charge in [-0.1, -0.05) is 0 Å². The van der Waals surface area contributed by atoms with Crippen LogP contribution in [0.4, 0.5) is 0 Å². The first-order valence-electron chi connectivity index (χ1n) is 5.18. The number of ether oxygens (including phenoxy) is 1. The zero-order valence-corrected chi connectivity index (χ0v) is 10.0. The van der Waals surface area contributed by atoms with Crippen molar-refractivity contribution in [1.29, 1.82) is 0 Å². The number of hydrogen-bond acceptors (Lipinski definition) is 4. The molecular weight excluding hydrogens is 252 g/mol. The molecule has 0 aliphatic carbocycles. The molecule has 1 aromatic carbocycles. The van der Waals surface area contributed by atoms with Gasteiger partial charge >= 0.3 is 5.97 Å². The van der Waals surface area contributed by atoms with Crippen molar-refractivity contribution in [1.82, 2.24) is 10.9 Å². The highest BCUT2D eigenvalue weighted by atomic mass is 16.5. The van der Waals surface area contributed by atoms with Crippen LogP contribution in [0, 0.1) is 0 Å². The largest absolute Gasteiger partial charge is 0.497 e. The molecule has 1 aromatic rings. The molecule has 0 saturated carbocycles. The van der Waals surface area contributed by atoms with E-state index in [4.69, 9.17) is 9.84 Å². The van der Waals surface area contributed by atoms with Crippen molar-refractivity contribution in [2.75, 3.05) is 7.11 Å². The summed E-state index contributed by atoms with van der Waals surface area (Å²) in [6, 6.07) is 6.24. The van der Waals surface area contributed by atoms with Crippen LogP contribution < -0.4 is 15.6 Å². The lowest BCUT2D eigenvalue weighted by Gasteiger charge is -2.05. The molecule has 0 aromatic heterocycles. The molecule has 0 atom stereocenters. The van der Waals surface area contributed by atoms with Crippen LogP contribution in [0.25, 0.3) is 0 Å². The fraction of sp³-hybridized carbons (Fsp3) is 0.0833. The molecule has 0 aliphatic heterocycles. The minimum atomic E-state index is -1.25. The van der Waals surface area contributed by atoms with E-state index in [9.17, 15) is 14.4 Å². The molecule has 0 fully saturated rings. The SMILES string of the molecule is COc1ccc(C(=O)NNC(=O)C=CC(=O)O)cc1. The summed E-state index contributed by atoms with van der Waals surface area (Å²) in [7, 11) is 1.50. The number of carbonyl (C=O) groups excluding carboxylic acids is 2. The predicted molar refractivity (Wildman–Crippen MR) is 65.4 cm³/mol. The molecular formula is C12H12N2O5. The van der Waals surface area contributed by atoms with E-state index in [0.717, 1.165) is 6.08 Å². The van der Waals surface area contributed by atoms with Crippen molar-refractivity contribution in [2.45, 2.75) is 0 Å². The molecule has 7 nitrogen and oxygen atoms in total. The van der Waals surface area contributed by atoms with Gasteiger partial charge in [0.15, 0.2) is 0 Å². The van der Waals surface area contributed by atoms with Crippen molar-refractivity contribution < 1.29 is 24.2 Å². The molecule has 2 amide bonds. The summed E-state index contributed by atoms with van der Waals surface area (Å²) in [5, 5.41) is 8.30. The highest BCUT2D eigenvalue weighted by Crippen LogP contribution is 2.10. The molecule has 100 valence electrons. The summed E-state index contributed by atoms with van der Waals surface area (Å²) >= 11 is 0. The van der Waals surface area contributed by atoms with Crippen LogP contribution in [-0.4, -0.2) is 30.0 Å². The van der Waals surface area contributed by atoms with Crippen molar-refractivity contribution >= 4 is 17.8 Å². The Morgan fingerprint density at radius 2 is 1.74 bits per heavy atom. The molecule has 0 bridgehead atoms. The topological polar surface area (TPSA) is 105 Å². The van der Waals surface area contributed by atoms with Gasteiger partial charge in [0.1, 0.15) is 5.75 Å². The number of nitrogens with one attached hydrogen (secondary N) is 2. The summed E-state index contributed by atoms with van der Waals surface area (Å²) in [5.74, 6) is -1.93. The number of benzene rings is 1. The summed E-state index contributed by atoms with van der Waals surface area (Å²) in [5.41, 5.74) is 4.50. The molecule has 0 aliphatic rings. The molecule has 0 saturated heterocycles. The maximum Gasteiger partial charge on any atom is 0.328 e. The van der Waals surface area contributed by atoms with Gasteiger partial charge in [0, 0.05) is 17.7 Å². The quantitative estimate of drug-likeness (QED) is 0.528. The zero-order valence-electron chi connectivity index (χ0n) is 10.0. The van der Waals surface area contributed by atoms with Crippen LogP contribution in [0.15, 0.2) is 36.4 Å². The van der Waals surface area contributed by atoms with Crippen LogP contribution >= 0.6 is 0 Å². The van der Waals surface area contributed by atoms with E-state index in [1.54, 1.807) is 12.1 Å². The fourth-order valence-electron chi connectivity index (χ4n) is 1.12. The van der Waals surface area contributed by atoms with Gasteiger partial charge in [0.2, 0.25) is 0 Å². The summed E-state index contributed by atoms with van der Waals surface area (Å²) in [6.45, 7) is 0. The average molecular weight is 264 g/mol. The molecule has 0 heterocycles. The van der Waals surface area contributed by atoms with Crippen LogP contribution in [-0.2, 0) is 9.59 Å². The van der Waals surface area contributed by atoms with Gasteiger partial charge in [0.05, 0.1) is 7.11 Å². The number of carboxylic acids is 1. The Kier molecular flexibility index (Phi) is 5.09. The first kappa shape index (κ1) is 14.2. The van der Waals surface area contributed by atoms with E-state index in [1.165, 1.54) is 19.2 Å². The van der Waals surface area contributed by atoms with Crippen molar-refractivity contribution in [2.24, 2.45) is 0 Å². The van der Waals surface area contributed by atoms with Crippen molar-refractivity contribution in [3.8, 4) is 5.75 Å². The number of hydrogen-bond donors (Lipinski definition) is 3. The lowest BCUT2D eigenvalue weighted by molar-refractivity contribution is -0.131. The number of rotatable bonds is 4. The predicted octanol–water partition coefficient (Wildman–Crippen LogP) is 0.0970. The smallest absolute Gasteiger partial charge is 0.328 e. The van der Waals surface area contributed by atoms with Gasteiger partial charge in [-0.25, -0.2) is 4.79 Å². The number of amides is 2. The van der Waals surface area contributed by atoms with Crippen LogP contribution in [0.3, 0.4) is 0 Å². The zero-order chi connectivity index (χ0) is 14.3. The van der Waals surface area contributed by atoms with Crippen molar-refractivity contribution in [3.05, 3.63) is 42.0 Å². The Labute approximate surface area is 108 Å². The maximum atomic E-state index is 11.6. The van der Waals surface area contributed by atoms with Gasteiger partial charge < -0.3 is 9.84 Å². The Hall–Kier alpha value is -2.83. The van der Waals surface area contributed by atoms with Crippen LogP contribution in [0.5, 0.6) is 5.75 Å². The second-order valence-corrected chi connectivity index (χ2v) is 3.34. The third-order valence-electron chi connectivity index (χ3n) is 2.03. The van der Waals surface area contributed by atoms with E-state index in [2.05, 4.69) is 5.43 Å². The van der Waals surface area contributed by atoms with Gasteiger partial charge in [-0.3, -0.25) is 20.4 Å². The van der Waals surface area contributed by atoms with Crippen molar-refractivity contribution in [3.63, 3.8) is 0 Å². The van der Waals surface area contributed by atoms with Crippen LogP contribution in [0.2, 0.25) is 0 Å². The second-order valence-electron chi connectivity index (χ2n) is 3.34. The number of aliphatic carboxylic acids is 1. The second kappa shape index (κ2) is 6.80. The minimum absolute atomic E-state index is 0.323. The van der Waals surface area contributed by atoms with Gasteiger partial charge in [-0.05, 0) is 24.3 Å². The summed E-state index contributed by atoms with van der Waals surface area (Å²) in [4.78, 5) is 32.8. The minimum Gasteiger partial charge on any atom is -0.497 e. The average Bonchev–Trinajstić information content (AvgIpc) is 2.42. The molecule has 1 rings (SSSR count). The number of carbonyl (C=O) groups is 3. The third-order valence-corrected chi connectivity index (χ3v) is 2.03. The first-order chi connectivity index (χ1) is 9.02. The lowest BCUT2D eigenvalue weighted by atomic mass is 10.2. The summed E-state index contributed by atoms with van der Waals surface area (Å²) in [6.07, 6.45) is 1.45. The third kappa shape index (κ3) is 4.90. The van der Waals surface area contributed by atoms with Gasteiger partial charge in [-0.2, -0.15) is 0 Å². The standard InChI is InChI=1S/C12H12N2O5/c1-19-9-4-2-8(3-5-9)12(18)14-13-10(15)6-7-11(16)17/h2-7H,1H3,(H,13,15)(H,14,18)(H,16,17). The first-order valence-corrected chi connectivity index (χ1v) is 5.18. The van der Waals surface area contributed by atoms with E-state index < -0.39 is 17.8 Å².